The van der Waals surface area contributed by atoms with Gasteiger partial charge < -0.3 is 5.11 Å². The van der Waals surface area contributed by atoms with Crippen molar-refractivity contribution in [2.45, 2.75) is 50.5 Å². The van der Waals surface area contributed by atoms with Gasteiger partial charge in [-0.3, -0.25) is 5.10 Å². The molecule has 0 aromatic carbocycles. The number of aromatic amines is 1. The Bertz CT molecular complexity index is 347. The van der Waals surface area contributed by atoms with Crippen LogP contribution in [0.3, 0.4) is 0 Å². The molecule has 1 heterocycles. The fourth-order valence-electron chi connectivity index (χ4n) is 3.33. The summed E-state index contributed by atoms with van der Waals surface area (Å²) in [5.74, 6) is 1.31. The van der Waals surface area contributed by atoms with Gasteiger partial charge >= 0.3 is 0 Å². The minimum atomic E-state index is -0.0595. The number of hydrogen-bond acceptors (Lipinski definition) is 2. The van der Waals surface area contributed by atoms with E-state index in [-0.39, 0.29) is 6.10 Å². The summed E-state index contributed by atoms with van der Waals surface area (Å²) in [7, 11) is 0. The van der Waals surface area contributed by atoms with Crippen LogP contribution in [-0.4, -0.2) is 21.4 Å². The Balaban J connectivity index is 1.92. The number of nitrogens with zero attached hydrogens (tertiary/aromatic N) is 1. The van der Waals surface area contributed by atoms with E-state index in [9.17, 15) is 5.11 Å². The van der Waals surface area contributed by atoms with Crippen LogP contribution in [0.1, 0.15) is 49.3 Å². The number of aliphatic hydroxyl groups excluding tert-OH is 1. The Morgan fingerprint density at radius 1 is 1.33 bits per heavy atom. The smallest absolute Gasteiger partial charge is 0.0543 e. The van der Waals surface area contributed by atoms with Crippen LogP contribution < -0.4 is 0 Å². The van der Waals surface area contributed by atoms with Crippen molar-refractivity contribution in [2.75, 3.05) is 0 Å². The van der Waals surface area contributed by atoms with Crippen LogP contribution >= 0.6 is 0 Å². The minimum Gasteiger partial charge on any atom is -0.393 e. The minimum absolute atomic E-state index is 0.0595. The van der Waals surface area contributed by atoms with Crippen molar-refractivity contribution in [2.24, 2.45) is 5.92 Å². The summed E-state index contributed by atoms with van der Waals surface area (Å²) in [4.78, 5) is 0. The maximum atomic E-state index is 9.71. The van der Waals surface area contributed by atoms with Gasteiger partial charge in [-0.15, -0.1) is 0 Å². The van der Waals surface area contributed by atoms with Gasteiger partial charge in [0.15, 0.2) is 0 Å². The first-order valence-electron chi connectivity index (χ1n) is 6.05. The molecular formula is C12H18N2O. The molecule has 3 heteroatoms. The van der Waals surface area contributed by atoms with Gasteiger partial charge in [-0.1, -0.05) is 0 Å². The third-order valence-corrected chi connectivity index (χ3v) is 4.10. The van der Waals surface area contributed by atoms with Gasteiger partial charge in [-0.2, -0.15) is 5.10 Å². The van der Waals surface area contributed by atoms with Crippen LogP contribution in [0.15, 0.2) is 6.20 Å². The zero-order valence-electron chi connectivity index (χ0n) is 8.95. The predicted octanol–water partition coefficient (Wildman–Crippen LogP) is 1.99. The summed E-state index contributed by atoms with van der Waals surface area (Å²) in [5, 5.41) is 17.1. The molecule has 0 amide bonds. The normalized spacial score (nSPS) is 35.4. The van der Waals surface area contributed by atoms with Crippen molar-refractivity contribution >= 4 is 0 Å². The molecule has 3 nitrogen and oxygen atoms in total. The molecule has 1 aromatic rings. The van der Waals surface area contributed by atoms with Crippen LogP contribution in [-0.2, 0) is 6.42 Å². The van der Waals surface area contributed by atoms with Gasteiger partial charge in [0.1, 0.15) is 0 Å². The Labute approximate surface area is 89.9 Å². The highest BCUT2D eigenvalue weighted by Gasteiger charge is 2.34. The van der Waals surface area contributed by atoms with Crippen molar-refractivity contribution < 1.29 is 5.11 Å². The summed E-state index contributed by atoms with van der Waals surface area (Å²) in [5.41, 5.74) is 2.78. The molecule has 1 saturated carbocycles. The highest BCUT2D eigenvalue weighted by molar-refractivity contribution is 5.23. The molecule has 0 spiro atoms. The molecule has 1 aromatic heterocycles. The second-order valence-corrected chi connectivity index (χ2v) is 5.03. The van der Waals surface area contributed by atoms with E-state index in [1.165, 1.54) is 24.1 Å². The maximum Gasteiger partial charge on any atom is 0.0543 e. The van der Waals surface area contributed by atoms with Crippen molar-refractivity contribution in [3.63, 3.8) is 0 Å². The lowest BCUT2D eigenvalue weighted by molar-refractivity contribution is 0.0858. The highest BCUT2D eigenvalue weighted by atomic mass is 16.3. The van der Waals surface area contributed by atoms with E-state index in [0.29, 0.717) is 11.8 Å². The van der Waals surface area contributed by atoms with Crippen LogP contribution in [0.25, 0.3) is 0 Å². The first-order chi connectivity index (χ1) is 7.34. The molecule has 3 unspecified atom stereocenters. The average Bonchev–Trinajstić information content (AvgIpc) is 2.61. The Hall–Kier alpha value is -0.830. The maximum absolute atomic E-state index is 9.71. The molecular weight excluding hydrogens is 188 g/mol. The van der Waals surface area contributed by atoms with Gasteiger partial charge in [0.25, 0.3) is 0 Å². The van der Waals surface area contributed by atoms with E-state index in [0.717, 1.165) is 25.7 Å². The summed E-state index contributed by atoms with van der Waals surface area (Å²) >= 11 is 0. The highest BCUT2D eigenvalue weighted by Crippen LogP contribution is 2.43. The van der Waals surface area contributed by atoms with E-state index in [1.807, 2.05) is 6.20 Å². The molecule has 0 radical (unpaired) electrons. The molecule has 3 rings (SSSR count). The molecule has 0 aliphatic heterocycles. The molecule has 2 aliphatic rings. The molecule has 2 aliphatic carbocycles. The number of nitrogens with one attached hydrogen (secondary N) is 1. The fourth-order valence-corrected chi connectivity index (χ4v) is 3.33. The van der Waals surface area contributed by atoms with E-state index in [4.69, 9.17) is 0 Å². The van der Waals surface area contributed by atoms with E-state index in [2.05, 4.69) is 10.2 Å². The largest absolute Gasteiger partial charge is 0.393 e. The summed E-state index contributed by atoms with van der Waals surface area (Å²) in [6.45, 7) is 0. The van der Waals surface area contributed by atoms with Crippen molar-refractivity contribution in [1.82, 2.24) is 10.2 Å². The summed E-state index contributed by atoms with van der Waals surface area (Å²) in [6.07, 6.45) is 8.68. The number of fused-ring (bicyclic) bond motifs is 3. The quantitative estimate of drug-likeness (QED) is 0.682. The molecule has 3 atom stereocenters. The lowest BCUT2D eigenvalue weighted by Gasteiger charge is -2.32. The number of H-pyrrole nitrogens is 1. The first-order valence-corrected chi connectivity index (χ1v) is 6.05. The van der Waals surface area contributed by atoms with Crippen LogP contribution in [0, 0.1) is 5.92 Å². The standard InChI is InChI=1S/C12H18N2O/c15-10-4-5-11-8(6-10)2-1-3-9-7-13-14-12(9)11/h7-8,10-11,15H,1-6H2,(H,13,14). The van der Waals surface area contributed by atoms with Crippen molar-refractivity contribution in [1.29, 1.82) is 0 Å². The van der Waals surface area contributed by atoms with Crippen LogP contribution in [0.2, 0.25) is 0 Å². The SMILES string of the molecule is OC1CCC2c3[nH]ncc3CCCC2C1. The van der Waals surface area contributed by atoms with E-state index >= 15 is 0 Å². The van der Waals surface area contributed by atoms with E-state index in [1.54, 1.807) is 0 Å². The lowest BCUT2D eigenvalue weighted by atomic mass is 9.75. The van der Waals surface area contributed by atoms with Gasteiger partial charge in [-0.05, 0) is 50.0 Å². The fraction of sp³-hybridized carbons (Fsp3) is 0.750. The Morgan fingerprint density at radius 3 is 3.20 bits per heavy atom. The number of rotatable bonds is 0. The summed E-state index contributed by atoms with van der Waals surface area (Å²) < 4.78 is 0. The number of aromatic nitrogens is 2. The molecule has 1 fully saturated rings. The lowest BCUT2D eigenvalue weighted by Crippen LogP contribution is -2.26. The van der Waals surface area contributed by atoms with Gasteiger partial charge in [0.2, 0.25) is 0 Å². The molecule has 0 saturated heterocycles. The third-order valence-electron chi connectivity index (χ3n) is 4.10. The van der Waals surface area contributed by atoms with Crippen molar-refractivity contribution in [3.05, 3.63) is 17.5 Å². The zero-order valence-corrected chi connectivity index (χ0v) is 8.95. The second kappa shape index (κ2) is 3.63. The van der Waals surface area contributed by atoms with E-state index < -0.39 is 0 Å². The number of aryl methyl sites for hydroxylation is 1. The van der Waals surface area contributed by atoms with Gasteiger partial charge in [0.05, 0.1) is 12.3 Å². The molecule has 82 valence electrons. The Morgan fingerprint density at radius 2 is 2.27 bits per heavy atom. The number of aliphatic hydroxyl groups is 1. The van der Waals surface area contributed by atoms with Crippen LogP contribution in [0.5, 0.6) is 0 Å². The van der Waals surface area contributed by atoms with Gasteiger partial charge in [0, 0.05) is 11.6 Å². The molecule has 2 N–H and O–H groups in total. The third kappa shape index (κ3) is 1.59. The monoisotopic (exact) mass is 206 g/mol. The average molecular weight is 206 g/mol. The van der Waals surface area contributed by atoms with Gasteiger partial charge in [-0.25, -0.2) is 0 Å². The summed E-state index contributed by atoms with van der Waals surface area (Å²) in [6, 6.07) is 0. The second-order valence-electron chi connectivity index (χ2n) is 5.03. The molecule has 0 bridgehead atoms. The van der Waals surface area contributed by atoms with Crippen molar-refractivity contribution in [3.8, 4) is 0 Å². The topological polar surface area (TPSA) is 48.9 Å². The predicted molar refractivity (Wildman–Crippen MR) is 57.6 cm³/mol. The number of hydrogen-bond donors (Lipinski definition) is 2. The first kappa shape index (κ1) is 9.40. The van der Waals surface area contributed by atoms with Crippen LogP contribution in [0.4, 0.5) is 0 Å². The zero-order chi connectivity index (χ0) is 10.3. The Kier molecular flexibility index (Phi) is 2.28. The molecule has 15 heavy (non-hydrogen) atoms.